The number of halogens is 3. The van der Waals surface area contributed by atoms with Crippen LogP contribution in [0.2, 0.25) is 0 Å². The number of carbonyl (C=O) groups is 6. The molecule has 2 fully saturated rings. The van der Waals surface area contributed by atoms with Crippen molar-refractivity contribution in [2.45, 2.75) is 137 Å². The Balaban J connectivity index is 0.00000130. The fourth-order valence-electron chi connectivity index (χ4n) is 5.29. The van der Waals surface area contributed by atoms with Gasteiger partial charge < -0.3 is 36.1 Å². The number of likely N-dealkylation sites (tertiary alicyclic amines) is 1. The summed E-state index contributed by atoms with van der Waals surface area (Å²) in [7, 11) is 0. The van der Waals surface area contributed by atoms with E-state index < -0.39 is 70.8 Å². The fraction of sp³-hybridized carbons (Fsp3) is 0.641. The minimum absolute atomic E-state index is 0.251. The van der Waals surface area contributed by atoms with Gasteiger partial charge in [-0.1, -0.05) is 105 Å². The molecule has 4 unspecified atom stereocenters. The average Bonchev–Trinajstić information content (AvgIpc) is 3.82. The third kappa shape index (κ3) is 15.6. The third-order valence-electron chi connectivity index (χ3n) is 8.34. The molecule has 1 aromatic carbocycles. The Hall–Kier alpha value is -4.27. The number of carbonyl (C=O) groups excluding carboxylic acids is 6. The van der Waals surface area contributed by atoms with Crippen LogP contribution >= 0.6 is 0 Å². The number of nitrogens with two attached hydrogens (primary N) is 1. The number of aldehydes is 1. The molecule has 12 nitrogen and oxygen atoms in total. The van der Waals surface area contributed by atoms with Crippen molar-refractivity contribution < 1.29 is 46.7 Å². The number of rotatable bonds is 14. The number of esters is 1. The van der Waals surface area contributed by atoms with E-state index in [4.69, 9.17) is 10.5 Å². The quantitative estimate of drug-likeness (QED) is 0.0798. The molecule has 3 rings (SSSR count). The highest BCUT2D eigenvalue weighted by molar-refractivity contribution is 6.38. The predicted molar refractivity (Wildman–Crippen MR) is 202 cm³/mol. The Kier molecular flexibility index (Phi) is 22.3. The molecule has 0 radical (unpaired) electrons. The summed E-state index contributed by atoms with van der Waals surface area (Å²) in [6, 6.07) is 2.95. The molecule has 1 aliphatic carbocycles. The lowest BCUT2D eigenvalue weighted by atomic mass is 9.85. The second-order valence-corrected chi connectivity index (χ2v) is 13.9. The van der Waals surface area contributed by atoms with Crippen LogP contribution in [0.15, 0.2) is 43.0 Å². The lowest BCUT2D eigenvalue weighted by molar-refractivity contribution is -0.202. The number of alkyl halides is 3. The van der Waals surface area contributed by atoms with Gasteiger partial charge in [-0.25, -0.2) is 9.59 Å². The van der Waals surface area contributed by atoms with Gasteiger partial charge in [-0.3, -0.25) is 14.4 Å². The number of ether oxygens (including phenoxy) is 1. The molecule has 0 aromatic heterocycles. The summed E-state index contributed by atoms with van der Waals surface area (Å²) in [6.07, 6.45) is 0.477. The smallest absolute Gasteiger partial charge is 0.397 e. The molecule has 0 bridgehead atoms. The van der Waals surface area contributed by atoms with Crippen molar-refractivity contribution in [3.8, 4) is 0 Å². The predicted octanol–water partition coefficient (Wildman–Crippen LogP) is 5.77. The van der Waals surface area contributed by atoms with Crippen LogP contribution in [-0.4, -0.2) is 84.2 Å². The molecule has 1 heterocycles. The van der Waals surface area contributed by atoms with Gasteiger partial charge in [0.05, 0.1) is 17.5 Å². The molecule has 4 amide bonds. The number of Topliss-reactive ketones (excluding diaryl/α,β-unsaturated/α-hetero) is 1. The first-order chi connectivity index (χ1) is 25.3. The molecule has 1 aliphatic heterocycles. The van der Waals surface area contributed by atoms with Gasteiger partial charge in [-0.05, 0) is 43.1 Å². The van der Waals surface area contributed by atoms with E-state index in [2.05, 4.69) is 36.4 Å². The minimum atomic E-state index is -4.75. The first-order valence-corrected chi connectivity index (χ1v) is 18.6. The van der Waals surface area contributed by atoms with Crippen molar-refractivity contribution in [2.75, 3.05) is 13.1 Å². The van der Waals surface area contributed by atoms with Crippen LogP contribution in [0.3, 0.4) is 0 Å². The first-order valence-electron chi connectivity index (χ1n) is 18.6. The zero-order valence-corrected chi connectivity index (χ0v) is 33.1. The van der Waals surface area contributed by atoms with Crippen LogP contribution in [-0.2, 0) is 35.3 Å². The molecular weight excluding hydrogens is 707 g/mol. The Morgan fingerprint density at radius 1 is 1.04 bits per heavy atom. The molecule has 1 saturated carbocycles. The highest BCUT2D eigenvalue weighted by atomic mass is 19.4. The maximum atomic E-state index is 13.9. The largest absolute Gasteiger partial charge is 0.459 e. The van der Waals surface area contributed by atoms with E-state index in [1.165, 1.54) is 17.4 Å². The SMILES string of the molecule is C=CCNC(=O)C(=O)C(N)CCC.CC.CC(C)(C)C(NC(=O)NC(C(=O)OCc1ccccc1)C1(C(F)(F)F)CC1)C(=O)N1CCCC1C=O.CCC. The number of benzene rings is 1. The number of nitrogens with one attached hydrogen (secondary N) is 3. The maximum absolute atomic E-state index is 13.9. The van der Waals surface area contributed by atoms with E-state index in [0.29, 0.717) is 44.2 Å². The number of urea groups is 1. The van der Waals surface area contributed by atoms with Crippen LogP contribution in [0, 0.1) is 10.8 Å². The summed E-state index contributed by atoms with van der Waals surface area (Å²) >= 11 is 0. The highest BCUT2D eigenvalue weighted by Gasteiger charge is 2.70. The molecule has 2 aliphatic rings. The topological polar surface area (TPSA) is 177 Å². The second kappa shape index (κ2) is 24.2. The summed E-state index contributed by atoms with van der Waals surface area (Å²) < 4.78 is 46.9. The molecule has 1 saturated heterocycles. The Labute approximate surface area is 318 Å². The molecule has 1 aromatic rings. The van der Waals surface area contributed by atoms with E-state index in [1.54, 1.807) is 51.1 Å². The first kappa shape index (κ1) is 49.7. The van der Waals surface area contributed by atoms with Crippen LogP contribution in [0.25, 0.3) is 0 Å². The van der Waals surface area contributed by atoms with Gasteiger partial charge in [-0.2, -0.15) is 13.2 Å². The van der Waals surface area contributed by atoms with Crippen molar-refractivity contribution in [3.63, 3.8) is 0 Å². The summed E-state index contributed by atoms with van der Waals surface area (Å²) in [6.45, 7) is 19.0. The van der Waals surface area contributed by atoms with E-state index in [0.717, 1.165) is 6.42 Å². The number of hydrogen-bond donors (Lipinski definition) is 4. The third-order valence-corrected chi connectivity index (χ3v) is 8.34. The average molecular weight is 770 g/mol. The van der Waals surface area contributed by atoms with Crippen LogP contribution in [0.4, 0.5) is 18.0 Å². The second-order valence-electron chi connectivity index (χ2n) is 13.9. The highest BCUT2D eigenvalue weighted by Crippen LogP contribution is 2.60. The fourth-order valence-corrected chi connectivity index (χ4v) is 5.29. The van der Waals surface area contributed by atoms with Crippen molar-refractivity contribution in [1.29, 1.82) is 0 Å². The van der Waals surface area contributed by atoms with Gasteiger partial charge >= 0.3 is 18.2 Å². The molecule has 306 valence electrons. The maximum Gasteiger partial charge on any atom is 0.397 e. The zero-order valence-electron chi connectivity index (χ0n) is 33.1. The van der Waals surface area contributed by atoms with Crippen molar-refractivity contribution >= 4 is 35.9 Å². The summed E-state index contributed by atoms with van der Waals surface area (Å²) in [5.41, 5.74) is 2.79. The Bertz CT molecular complexity index is 1350. The number of hydrogen-bond acceptors (Lipinski definition) is 8. The number of ketones is 1. The molecule has 54 heavy (non-hydrogen) atoms. The van der Waals surface area contributed by atoms with Gasteiger partial charge in [0.15, 0.2) is 0 Å². The van der Waals surface area contributed by atoms with E-state index in [9.17, 15) is 41.9 Å². The van der Waals surface area contributed by atoms with E-state index in [-0.39, 0.29) is 19.4 Å². The molecule has 15 heteroatoms. The summed E-state index contributed by atoms with van der Waals surface area (Å²) in [4.78, 5) is 73.9. The van der Waals surface area contributed by atoms with Crippen molar-refractivity contribution in [3.05, 3.63) is 48.6 Å². The van der Waals surface area contributed by atoms with Gasteiger partial charge in [0, 0.05) is 13.1 Å². The van der Waals surface area contributed by atoms with Gasteiger partial charge in [-0.15, -0.1) is 6.58 Å². The monoisotopic (exact) mass is 769 g/mol. The standard InChI is InChI=1S/C25H32F3N3O5.C9H16N2O2.C3H8.C2H6/c1-23(2,3)18(20(33)31-13-7-10-17(31)14-32)29-22(35)30-19(24(11-12-24)25(26,27)28)21(34)36-15-16-8-5-4-6-9-16;1-3-5-7(10)8(12)9(13)11-6-4-2;1-3-2;1-2/h4-6,8-9,14,17-19H,7,10-13,15H2,1-3H3,(H2,29,30,35);4,7H,2-3,5-6,10H2,1H3,(H,11,13);3H2,1-2H3;1-2H3. The lowest BCUT2D eigenvalue weighted by Crippen LogP contribution is -2.61. The van der Waals surface area contributed by atoms with Crippen LogP contribution in [0.5, 0.6) is 0 Å². The summed E-state index contributed by atoms with van der Waals surface area (Å²) in [5, 5.41) is 6.99. The van der Waals surface area contributed by atoms with Crippen molar-refractivity contribution in [1.82, 2.24) is 20.9 Å². The summed E-state index contributed by atoms with van der Waals surface area (Å²) in [5.74, 6) is -2.89. The molecular formula is C39H62F3N5O7. The molecule has 4 atom stereocenters. The van der Waals surface area contributed by atoms with E-state index in [1.807, 2.05) is 20.8 Å². The van der Waals surface area contributed by atoms with Gasteiger partial charge in [0.2, 0.25) is 11.7 Å². The zero-order chi connectivity index (χ0) is 41.7. The number of amides is 4. The normalized spacial score (nSPS) is 17.1. The van der Waals surface area contributed by atoms with Gasteiger partial charge in [0.1, 0.15) is 25.0 Å². The molecule has 0 spiro atoms. The Morgan fingerprint density at radius 2 is 1.61 bits per heavy atom. The van der Waals surface area contributed by atoms with Gasteiger partial charge in [0.25, 0.3) is 5.91 Å². The number of nitrogens with zero attached hydrogens (tertiary/aromatic N) is 1. The van der Waals surface area contributed by atoms with Crippen molar-refractivity contribution in [2.24, 2.45) is 16.6 Å². The molecule has 5 N–H and O–H groups in total. The minimum Gasteiger partial charge on any atom is -0.459 e. The van der Waals surface area contributed by atoms with E-state index >= 15 is 0 Å². The Morgan fingerprint density at radius 3 is 2.07 bits per heavy atom. The lowest BCUT2D eigenvalue weighted by Gasteiger charge is -2.35. The van der Waals surface area contributed by atoms with Crippen LogP contribution in [0.1, 0.15) is 106 Å². The van der Waals surface area contributed by atoms with Crippen LogP contribution < -0.4 is 21.7 Å².